The number of halogens is 1. The first kappa shape index (κ1) is 20.2. The number of carbonyl (C=O) groups is 2. The van der Waals surface area contributed by atoms with Crippen LogP contribution in [0.15, 0.2) is 48.5 Å². The van der Waals surface area contributed by atoms with Crippen LogP contribution < -0.4 is 9.64 Å². The zero-order valence-electron chi connectivity index (χ0n) is 16.1. The number of benzene rings is 2. The first-order valence-corrected chi connectivity index (χ1v) is 9.90. The van der Waals surface area contributed by atoms with Crippen molar-refractivity contribution < 1.29 is 14.3 Å². The summed E-state index contributed by atoms with van der Waals surface area (Å²) in [6.45, 7) is 2.96. The Balaban J connectivity index is 1.41. The predicted molar refractivity (Wildman–Crippen MR) is 111 cm³/mol. The van der Waals surface area contributed by atoms with E-state index in [9.17, 15) is 9.59 Å². The Morgan fingerprint density at radius 2 is 1.71 bits per heavy atom. The fraction of sp³-hybridized carbons (Fsp3) is 0.364. The van der Waals surface area contributed by atoms with Gasteiger partial charge >= 0.3 is 0 Å². The average molecular weight is 401 g/mol. The molecule has 1 heterocycles. The predicted octanol–water partition coefficient (Wildman–Crippen LogP) is 4.05. The molecular formula is C22H25ClN2O3. The van der Waals surface area contributed by atoms with E-state index in [0.29, 0.717) is 37.9 Å². The lowest BCUT2D eigenvalue weighted by atomic mass is 10.0. The molecule has 0 unspecified atom stereocenters. The number of anilines is 1. The Morgan fingerprint density at radius 3 is 2.36 bits per heavy atom. The minimum Gasteiger partial charge on any atom is -0.497 e. The van der Waals surface area contributed by atoms with Crippen LogP contribution in [0.2, 0.25) is 5.02 Å². The van der Waals surface area contributed by atoms with Gasteiger partial charge in [-0.3, -0.25) is 9.59 Å². The normalized spacial score (nSPS) is 14.1. The maximum absolute atomic E-state index is 12.5. The van der Waals surface area contributed by atoms with E-state index in [1.807, 2.05) is 29.2 Å². The smallest absolute Gasteiger partial charge is 0.222 e. The molecule has 1 amide bonds. The summed E-state index contributed by atoms with van der Waals surface area (Å²) in [7, 11) is 1.59. The van der Waals surface area contributed by atoms with Crippen LogP contribution >= 0.6 is 11.6 Å². The fourth-order valence-electron chi connectivity index (χ4n) is 3.37. The van der Waals surface area contributed by atoms with E-state index in [1.165, 1.54) is 0 Å². The van der Waals surface area contributed by atoms with Crippen molar-refractivity contribution in [2.75, 3.05) is 38.2 Å². The van der Waals surface area contributed by atoms with E-state index in [1.54, 1.807) is 31.4 Å². The molecule has 0 N–H and O–H groups in total. The molecule has 3 rings (SSSR count). The lowest BCUT2D eigenvalue weighted by Crippen LogP contribution is -2.48. The van der Waals surface area contributed by atoms with Gasteiger partial charge in [-0.25, -0.2) is 0 Å². The number of rotatable bonds is 7. The average Bonchev–Trinajstić information content (AvgIpc) is 2.73. The first-order chi connectivity index (χ1) is 13.6. The number of Topliss-reactive ketones (excluding diaryl/α,β-unsaturated/α-hetero) is 1. The lowest BCUT2D eigenvalue weighted by molar-refractivity contribution is -0.131. The van der Waals surface area contributed by atoms with Gasteiger partial charge in [0, 0.05) is 55.3 Å². The second kappa shape index (κ2) is 9.60. The molecule has 1 aliphatic heterocycles. The summed E-state index contributed by atoms with van der Waals surface area (Å²) in [5.74, 6) is 0.901. The number of hydrogen-bond acceptors (Lipinski definition) is 4. The Labute approximate surface area is 170 Å². The van der Waals surface area contributed by atoms with Gasteiger partial charge in [0.1, 0.15) is 5.75 Å². The van der Waals surface area contributed by atoms with Crippen LogP contribution in [-0.2, 0) is 4.79 Å². The summed E-state index contributed by atoms with van der Waals surface area (Å²) in [6.07, 6.45) is 1.35. The summed E-state index contributed by atoms with van der Waals surface area (Å²) in [5.41, 5.74) is 1.74. The van der Waals surface area contributed by atoms with Gasteiger partial charge < -0.3 is 14.5 Å². The Kier molecular flexibility index (Phi) is 6.93. The second-order valence-corrected chi connectivity index (χ2v) is 7.29. The van der Waals surface area contributed by atoms with Crippen molar-refractivity contribution in [1.29, 1.82) is 0 Å². The molecule has 0 spiro atoms. The van der Waals surface area contributed by atoms with Crippen LogP contribution in [-0.4, -0.2) is 49.9 Å². The van der Waals surface area contributed by atoms with E-state index in [0.717, 1.165) is 29.5 Å². The van der Waals surface area contributed by atoms with E-state index in [4.69, 9.17) is 16.3 Å². The first-order valence-electron chi connectivity index (χ1n) is 9.52. The molecule has 1 saturated heterocycles. The van der Waals surface area contributed by atoms with Gasteiger partial charge in [-0.2, -0.15) is 0 Å². The molecular weight excluding hydrogens is 376 g/mol. The van der Waals surface area contributed by atoms with Gasteiger partial charge in [0.2, 0.25) is 5.91 Å². The molecule has 5 nitrogen and oxygen atoms in total. The van der Waals surface area contributed by atoms with E-state index in [2.05, 4.69) is 4.90 Å². The molecule has 28 heavy (non-hydrogen) atoms. The SMILES string of the molecule is COc1ccc(C(=O)CCCC(=O)N2CCN(c3cccc(Cl)c3)CC2)cc1. The van der Waals surface area contributed by atoms with Crippen LogP contribution in [0.4, 0.5) is 5.69 Å². The molecule has 0 atom stereocenters. The third-order valence-electron chi connectivity index (χ3n) is 5.01. The lowest BCUT2D eigenvalue weighted by Gasteiger charge is -2.36. The van der Waals surface area contributed by atoms with Gasteiger partial charge in [-0.15, -0.1) is 0 Å². The Hall–Kier alpha value is -2.53. The highest BCUT2D eigenvalue weighted by Crippen LogP contribution is 2.21. The summed E-state index contributed by atoms with van der Waals surface area (Å²) in [5, 5.41) is 0.720. The van der Waals surface area contributed by atoms with Crippen molar-refractivity contribution >= 4 is 29.0 Å². The number of carbonyl (C=O) groups excluding carboxylic acids is 2. The topological polar surface area (TPSA) is 49.9 Å². The molecule has 148 valence electrons. The molecule has 0 bridgehead atoms. The van der Waals surface area contributed by atoms with E-state index >= 15 is 0 Å². The zero-order chi connectivity index (χ0) is 19.9. The Morgan fingerprint density at radius 1 is 1.00 bits per heavy atom. The summed E-state index contributed by atoms with van der Waals surface area (Å²) >= 11 is 6.06. The number of nitrogens with zero attached hydrogens (tertiary/aromatic N) is 2. The van der Waals surface area contributed by atoms with Crippen LogP contribution in [0.1, 0.15) is 29.6 Å². The van der Waals surface area contributed by atoms with Crippen molar-refractivity contribution in [3.05, 3.63) is 59.1 Å². The van der Waals surface area contributed by atoms with Crippen LogP contribution in [0.3, 0.4) is 0 Å². The van der Waals surface area contributed by atoms with E-state index in [-0.39, 0.29) is 11.7 Å². The van der Waals surface area contributed by atoms with Gasteiger partial charge in [-0.1, -0.05) is 17.7 Å². The maximum atomic E-state index is 12.5. The van der Waals surface area contributed by atoms with Gasteiger partial charge in [-0.05, 0) is 48.9 Å². The highest BCUT2D eigenvalue weighted by molar-refractivity contribution is 6.30. The minimum atomic E-state index is 0.0567. The third kappa shape index (κ3) is 5.26. The van der Waals surface area contributed by atoms with Crippen molar-refractivity contribution in [3.8, 4) is 5.75 Å². The Bertz CT molecular complexity index is 815. The maximum Gasteiger partial charge on any atom is 0.222 e. The quantitative estimate of drug-likeness (QED) is 0.658. The molecule has 1 fully saturated rings. The van der Waals surface area contributed by atoms with Crippen molar-refractivity contribution in [2.24, 2.45) is 0 Å². The van der Waals surface area contributed by atoms with Crippen molar-refractivity contribution in [3.63, 3.8) is 0 Å². The molecule has 0 saturated carbocycles. The molecule has 0 aliphatic carbocycles. The zero-order valence-corrected chi connectivity index (χ0v) is 16.8. The molecule has 2 aromatic rings. The monoisotopic (exact) mass is 400 g/mol. The largest absolute Gasteiger partial charge is 0.497 e. The molecule has 1 aliphatic rings. The summed E-state index contributed by atoms with van der Waals surface area (Å²) in [6, 6.07) is 14.9. The van der Waals surface area contributed by atoms with Gasteiger partial charge in [0.25, 0.3) is 0 Å². The standard InChI is InChI=1S/C22H25ClN2O3/c1-28-20-10-8-17(9-11-20)21(26)6-3-7-22(27)25-14-12-24(13-15-25)19-5-2-4-18(23)16-19/h2,4-5,8-11,16H,3,6-7,12-15H2,1H3. The molecule has 0 radical (unpaired) electrons. The number of methoxy groups -OCH3 is 1. The summed E-state index contributed by atoms with van der Waals surface area (Å²) < 4.78 is 5.10. The van der Waals surface area contributed by atoms with Crippen molar-refractivity contribution in [2.45, 2.75) is 19.3 Å². The minimum absolute atomic E-state index is 0.0567. The number of amides is 1. The highest BCUT2D eigenvalue weighted by atomic mass is 35.5. The van der Waals surface area contributed by atoms with Crippen LogP contribution in [0.5, 0.6) is 5.75 Å². The molecule has 0 aromatic heterocycles. The number of hydrogen-bond donors (Lipinski definition) is 0. The fourth-order valence-corrected chi connectivity index (χ4v) is 3.55. The van der Waals surface area contributed by atoms with Crippen LogP contribution in [0.25, 0.3) is 0 Å². The van der Waals surface area contributed by atoms with E-state index < -0.39 is 0 Å². The van der Waals surface area contributed by atoms with Gasteiger partial charge in [0.05, 0.1) is 7.11 Å². The van der Waals surface area contributed by atoms with Crippen LogP contribution in [0, 0.1) is 0 Å². The number of piperazine rings is 1. The third-order valence-corrected chi connectivity index (χ3v) is 5.25. The van der Waals surface area contributed by atoms with Crippen molar-refractivity contribution in [1.82, 2.24) is 4.90 Å². The molecule has 2 aromatic carbocycles. The number of ether oxygens (including phenoxy) is 1. The second-order valence-electron chi connectivity index (χ2n) is 6.85. The highest BCUT2D eigenvalue weighted by Gasteiger charge is 2.21. The molecule has 6 heteroatoms. The summed E-state index contributed by atoms with van der Waals surface area (Å²) in [4.78, 5) is 28.8. The van der Waals surface area contributed by atoms with Gasteiger partial charge in [0.15, 0.2) is 5.78 Å². The number of ketones is 1.